The molecule has 2 atom stereocenters. The van der Waals surface area contributed by atoms with Crippen LogP contribution in [0.25, 0.3) is 16.5 Å². The monoisotopic (exact) mass is 603 g/mol. The molecule has 8 heteroatoms. The molecule has 3 heterocycles. The largest absolute Gasteiger partial charge is 0.494 e. The second kappa shape index (κ2) is 11.4. The fourth-order valence-corrected chi connectivity index (χ4v) is 6.40. The lowest BCUT2D eigenvalue weighted by atomic mass is 9.95. The molecule has 5 aromatic rings. The third kappa shape index (κ3) is 5.19. The maximum atomic E-state index is 12.8. The number of nitrogens with one attached hydrogen (secondary N) is 2. The van der Waals surface area contributed by atoms with Crippen LogP contribution in [0, 0.1) is 19.3 Å². The third-order valence-corrected chi connectivity index (χ3v) is 8.60. The van der Waals surface area contributed by atoms with Crippen molar-refractivity contribution in [2.24, 2.45) is 5.41 Å². The van der Waals surface area contributed by atoms with Gasteiger partial charge in [0.15, 0.2) is 5.11 Å². The molecule has 0 radical (unpaired) electrons. The molecule has 0 saturated carbocycles. The van der Waals surface area contributed by atoms with Crippen LogP contribution < -0.4 is 20.3 Å². The van der Waals surface area contributed by atoms with Crippen molar-refractivity contribution in [3.05, 3.63) is 114 Å². The number of benzene rings is 3. The quantitative estimate of drug-likeness (QED) is 0.193. The average molecular weight is 604 g/mol. The standard InChI is InChI=1S/C36H37N5O2S/c1-22-20-27(23(2)40(22)30-16-11-13-24-12-7-8-14-26(24)30)33-32(29-15-9-10-19-37-29)39-35(44)41(33)25-17-18-28(31(21-25)43-6)38-34(42)36(3,4)5/h7-21,32-33H,1-6H3,(H,38,42)(H,39,44)/t32-,33+/m1/s1. The number of rotatable bonds is 6. The molecule has 1 aliphatic heterocycles. The zero-order chi connectivity index (χ0) is 31.2. The Kier molecular flexibility index (Phi) is 7.63. The van der Waals surface area contributed by atoms with Gasteiger partial charge in [-0.05, 0) is 73.4 Å². The van der Waals surface area contributed by atoms with Gasteiger partial charge in [-0.1, -0.05) is 63.2 Å². The number of hydrogen-bond donors (Lipinski definition) is 2. The van der Waals surface area contributed by atoms with Crippen LogP contribution in [0.1, 0.15) is 55.5 Å². The van der Waals surface area contributed by atoms with Gasteiger partial charge in [-0.25, -0.2) is 0 Å². The number of fused-ring (bicyclic) bond motifs is 1. The molecule has 0 bridgehead atoms. The summed E-state index contributed by atoms with van der Waals surface area (Å²) in [5.41, 5.74) is 6.36. The zero-order valence-corrected chi connectivity index (χ0v) is 26.7. The molecule has 7 nitrogen and oxygen atoms in total. The highest BCUT2D eigenvalue weighted by Crippen LogP contribution is 2.45. The maximum Gasteiger partial charge on any atom is 0.229 e. The number of methoxy groups -OCH3 is 1. The lowest BCUT2D eigenvalue weighted by Gasteiger charge is -2.29. The molecule has 6 rings (SSSR count). The molecule has 44 heavy (non-hydrogen) atoms. The number of anilines is 2. The van der Waals surface area contributed by atoms with Crippen LogP contribution in [-0.2, 0) is 4.79 Å². The van der Waals surface area contributed by atoms with Crippen molar-refractivity contribution in [2.45, 2.75) is 46.7 Å². The Morgan fingerprint density at radius 2 is 1.73 bits per heavy atom. The Labute approximate surface area is 263 Å². The van der Waals surface area contributed by atoms with Gasteiger partial charge in [-0.3, -0.25) is 9.78 Å². The molecule has 2 N–H and O–H groups in total. The summed E-state index contributed by atoms with van der Waals surface area (Å²) in [5.74, 6) is 0.472. The molecule has 1 fully saturated rings. The summed E-state index contributed by atoms with van der Waals surface area (Å²) in [6.07, 6.45) is 1.81. The number of carbonyl (C=O) groups excluding carboxylic acids is 1. The summed E-state index contributed by atoms with van der Waals surface area (Å²) < 4.78 is 8.10. The van der Waals surface area contributed by atoms with Crippen molar-refractivity contribution >= 4 is 45.4 Å². The van der Waals surface area contributed by atoms with Gasteiger partial charge in [0.25, 0.3) is 0 Å². The highest BCUT2D eigenvalue weighted by molar-refractivity contribution is 7.80. The second-order valence-electron chi connectivity index (χ2n) is 12.2. The molecule has 224 valence electrons. The fraction of sp³-hybridized carbons (Fsp3) is 0.250. The number of ether oxygens (including phenoxy) is 1. The first-order valence-electron chi connectivity index (χ1n) is 14.8. The Bertz CT molecular complexity index is 1870. The first kappa shape index (κ1) is 29.4. The number of amides is 1. The van der Waals surface area contributed by atoms with Gasteiger partial charge in [-0.2, -0.15) is 0 Å². The van der Waals surface area contributed by atoms with Gasteiger partial charge in [0.1, 0.15) is 5.75 Å². The van der Waals surface area contributed by atoms with E-state index in [-0.39, 0.29) is 18.0 Å². The van der Waals surface area contributed by atoms with Gasteiger partial charge < -0.3 is 24.8 Å². The number of carbonyl (C=O) groups is 1. The van der Waals surface area contributed by atoms with Gasteiger partial charge in [-0.15, -0.1) is 0 Å². The predicted octanol–water partition coefficient (Wildman–Crippen LogP) is 7.81. The molecule has 1 amide bonds. The second-order valence-corrected chi connectivity index (χ2v) is 12.6. The first-order valence-corrected chi connectivity index (χ1v) is 15.2. The van der Waals surface area contributed by atoms with E-state index in [1.165, 1.54) is 10.8 Å². The van der Waals surface area contributed by atoms with E-state index in [9.17, 15) is 4.79 Å². The number of thiocarbonyl (C=S) groups is 1. The summed E-state index contributed by atoms with van der Waals surface area (Å²) in [4.78, 5) is 19.7. The number of pyridine rings is 1. The smallest absolute Gasteiger partial charge is 0.229 e. The lowest BCUT2D eigenvalue weighted by molar-refractivity contribution is -0.123. The van der Waals surface area contributed by atoms with E-state index in [1.54, 1.807) is 7.11 Å². The van der Waals surface area contributed by atoms with Gasteiger partial charge in [0, 0.05) is 40.1 Å². The number of aromatic nitrogens is 2. The minimum Gasteiger partial charge on any atom is -0.494 e. The van der Waals surface area contributed by atoms with Crippen molar-refractivity contribution in [3.8, 4) is 11.4 Å². The normalized spacial score (nSPS) is 16.7. The van der Waals surface area contributed by atoms with Crippen LogP contribution in [0.3, 0.4) is 0 Å². The molecule has 1 aliphatic rings. The van der Waals surface area contributed by atoms with Crippen LogP contribution in [0.4, 0.5) is 11.4 Å². The summed E-state index contributed by atoms with van der Waals surface area (Å²) in [5, 5.41) is 9.57. The molecule has 1 saturated heterocycles. The van der Waals surface area contributed by atoms with E-state index in [0.717, 1.165) is 34.0 Å². The fourth-order valence-electron chi connectivity index (χ4n) is 6.05. The van der Waals surface area contributed by atoms with E-state index < -0.39 is 5.41 Å². The van der Waals surface area contributed by atoms with Gasteiger partial charge in [0.2, 0.25) is 5.91 Å². The average Bonchev–Trinajstić information content (AvgIpc) is 3.51. The molecule has 0 spiro atoms. The summed E-state index contributed by atoms with van der Waals surface area (Å²) in [6, 6.07) is 28.5. The molecule has 2 aromatic heterocycles. The van der Waals surface area contributed by atoms with E-state index in [4.69, 9.17) is 21.9 Å². The molecule has 0 aliphatic carbocycles. The van der Waals surface area contributed by atoms with Crippen molar-refractivity contribution < 1.29 is 9.53 Å². The van der Waals surface area contributed by atoms with Crippen molar-refractivity contribution in [1.29, 1.82) is 0 Å². The lowest BCUT2D eigenvalue weighted by Crippen LogP contribution is -2.30. The highest BCUT2D eigenvalue weighted by Gasteiger charge is 2.42. The van der Waals surface area contributed by atoms with Crippen molar-refractivity contribution in [2.75, 3.05) is 17.3 Å². The minimum absolute atomic E-state index is 0.0871. The topological polar surface area (TPSA) is 71.4 Å². The Hall–Kier alpha value is -4.69. The van der Waals surface area contributed by atoms with Gasteiger partial charge >= 0.3 is 0 Å². The Morgan fingerprint density at radius 1 is 0.977 bits per heavy atom. The van der Waals surface area contributed by atoms with E-state index in [0.29, 0.717) is 16.5 Å². The van der Waals surface area contributed by atoms with Crippen LogP contribution in [-0.4, -0.2) is 27.7 Å². The van der Waals surface area contributed by atoms with E-state index in [2.05, 4.69) is 82.5 Å². The summed E-state index contributed by atoms with van der Waals surface area (Å²) in [6.45, 7) is 9.97. The van der Waals surface area contributed by atoms with E-state index >= 15 is 0 Å². The SMILES string of the molecule is COc1cc(N2C(=S)N[C@H](c3ccccn3)[C@@H]2c2cc(C)n(-c3cccc4ccccc34)c2C)ccc1NC(=O)C(C)(C)C. The molecular weight excluding hydrogens is 566 g/mol. The molecule has 3 aromatic carbocycles. The maximum absolute atomic E-state index is 12.8. The Balaban J connectivity index is 1.49. The van der Waals surface area contributed by atoms with Crippen molar-refractivity contribution in [3.63, 3.8) is 0 Å². The summed E-state index contributed by atoms with van der Waals surface area (Å²) >= 11 is 6.02. The minimum atomic E-state index is -0.544. The third-order valence-electron chi connectivity index (χ3n) is 8.29. The number of hydrogen-bond acceptors (Lipinski definition) is 4. The van der Waals surface area contributed by atoms with Gasteiger partial charge in [0.05, 0.1) is 36.3 Å². The van der Waals surface area contributed by atoms with Crippen LogP contribution in [0.2, 0.25) is 0 Å². The number of nitrogens with zero attached hydrogens (tertiary/aromatic N) is 3. The zero-order valence-electron chi connectivity index (χ0n) is 25.9. The van der Waals surface area contributed by atoms with Crippen molar-refractivity contribution in [1.82, 2.24) is 14.9 Å². The molecular formula is C36H37N5O2S. The Morgan fingerprint density at radius 3 is 2.45 bits per heavy atom. The molecule has 0 unspecified atom stereocenters. The number of aryl methyl sites for hydroxylation is 1. The van der Waals surface area contributed by atoms with Crippen LogP contribution >= 0.6 is 12.2 Å². The first-order chi connectivity index (χ1) is 21.1. The predicted molar refractivity (Wildman–Crippen MR) is 182 cm³/mol. The highest BCUT2D eigenvalue weighted by atomic mass is 32.1. The summed E-state index contributed by atoms with van der Waals surface area (Å²) in [7, 11) is 1.61. The van der Waals surface area contributed by atoms with Crippen LogP contribution in [0.5, 0.6) is 5.75 Å². The van der Waals surface area contributed by atoms with Crippen LogP contribution in [0.15, 0.2) is 91.1 Å². The van der Waals surface area contributed by atoms with E-state index in [1.807, 2.05) is 63.4 Å².